The minimum absolute atomic E-state index is 0.585. The minimum atomic E-state index is 0.585. The lowest BCUT2D eigenvalue weighted by atomic mass is 10.0. The van der Waals surface area contributed by atoms with Gasteiger partial charge >= 0.3 is 0 Å². The summed E-state index contributed by atoms with van der Waals surface area (Å²) in [7, 11) is 0. The third-order valence-corrected chi connectivity index (χ3v) is 4.19. The Labute approximate surface area is 129 Å². The van der Waals surface area contributed by atoms with Gasteiger partial charge in [-0.05, 0) is 42.9 Å². The summed E-state index contributed by atoms with van der Waals surface area (Å²) in [5.41, 5.74) is 1.37. The van der Waals surface area contributed by atoms with Crippen LogP contribution in [0.3, 0.4) is 0 Å². The maximum atomic E-state index is 5.81. The second-order valence-corrected chi connectivity index (χ2v) is 6.25. The molecule has 0 unspecified atom stereocenters. The Hall–Kier alpha value is -1.06. The maximum Gasteiger partial charge on any atom is 0.119 e. The summed E-state index contributed by atoms with van der Waals surface area (Å²) in [6, 6.07) is 8.52. The van der Waals surface area contributed by atoms with E-state index >= 15 is 0 Å². The molecule has 0 saturated carbocycles. The molecule has 1 aromatic rings. The van der Waals surface area contributed by atoms with Crippen LogP contribution in [0.15, 0.2) is 24.3 Å². The van der Waals surface area contributed by atoms with Crippen molar-refractivity contribution in [2.75, 3.05) is 39.5 Å². The fourth-order valence-corrected chi connectivity index (χ4v) is 2.70. The molecule has 1 fully saturated rings. The predicted molar refractivity (Wildman–Crippen MR) is 86.3 cm³/mol. The molecular formula is C18H30NO2+. The van der Waals surface area contributed by atoms with E-state index in [0.29, 0.717) is 5.92 Å². The number of morpholine rings is 1. The molecule has 1 N–H and O–H groups in total. The van der Waals surface area contributed by atoms with E-state index in [-0.39, 0.29) is 0 Å². The fraction of sp³-hybridized carbons (Fsp3) is 0.667. The Morgan fingerprint density at radius 2 is 1.76 bits per heavy atom. The third kappa shape index (κ3) is 6.06. The zero-order chi connectivity index (χ0) is 14.9. The molecule has 0 spiro atoms. The molecule has 1 aromatic carbocycles. The van der Waals surface area contributed by atoms with Gasteiger partial charge in [-0.25, -0.2) is 0 Å². The van der Waals surface area contributed by atoms with E-state index in [9.17, 15) is 0 Å². The molecule has 0 aliphatic carbocycles. The monoisotopic (exact) mass is 292 g/mol. The van der Waals surface area contributed by atoms with E-state index in [4.69, 9.17) is 9.47 Å². The maximum absolute atomic E-state index is 5.81. The SMILES string of the molecule is CC(C)c1ccc(OCCCCC[NH+]2CCOCC2)cc1. The largest absolute Gasteiger partial charge is 0.494 e. The molecule has 21 heavy (non-hydrogen) atoms. The van der Waals surface area contributed by atoms with Crippen molar-refractivity contribution in [3.05, 3.63) is 29.8 Å². The Bertz CT molecular complexity index is 383. The molecule has 1 aliphatic heterocycles. The first-order valence-electron chi connectivity index (χ1n) is 8.40. The molecular weight excluding hydrogens is 262 g/mol. The number of unbranched alkanes of at least 4 members (excludes halogenated alkanes) is 2. The number of hydrogen-bond donors (Lipinski definition) is 1. The van der Waals surface area contributed by atoms with Crippen LogP contribution in [-0.2, 0) is 4.74 Å². The molecule has 1 aliphatic rings. The Kier molecular flexibility index (Phi) is 7.04. The Morgan fingerprint density at radius 1 is 1.05 bits per heavy atom. The van der Waals surface area contributed by atoms with Crippen LogP contribution in [0.5, 0.6) is 5.75 Å². The van der Waals surface area contributed by atoms with Gasteiger partial charge in [0.2, 0.25) is 0 Å². The molecule has 3 nitrogen and oxygen atoms in total. The molecule has 1 saturated heterocycles. The first kappa shape index (κ1) is 16.3. The number of rotatable bonds is 8. The summed E-state index contributed by atoms with van der Waals surface area (Å²) in [6.07, 6.45) is 3.70. The highest BCUT2D eigenvalue weighted by Crippen LogP contribution is 2.18. The first-order valence-corrected chi connectivity index (χ1v) is 8.40. The van der Waals surface area contributed by atoms with Crippen molar-refractivity contribution < 1.29 is 14.4 Å². The van der Waals surface area contributed by atoms with E-state index in [2.05, 4.69) is 38.1 Å². The van der Waals surface area contributed by atoms with Crippen LogP contribution in [0.1, 0.15) is 44.6 Å². The van der Waals surface area contributed by atoms with Crippen molar-refractivity contribution in [2.45, 2.75) is 39.0 Å². The quantitative estimate of drug-likeness (QED) is 0.743. The van der Waals surface area contributed by atoms with Crippen molar-refractivity contribution in [3.63, 3.8) is 0 Å². The predicted octanol–water partition coefficient (Wildman–Crippen LogP) is 2.27. The first-order chi connectivity index (χ1) is 10.3. The van der Waals surface area contributed by atoms with Crippen molar-refractivity contribution in [1.29, 1.82) is 0 Å². The highest BCUT2D eigenvalue weighted by Gasteiger charge is 2.12. The van der Waals surface area contributed by atoms with Crippen LogP contribution in [0.2, 0.25) is 0 Å². The van der Waals surface area contributed by atoms with Gasteiger partial charge in [0, 0.05) is 0 Å². The van der Waals surface area contributed by atoms with E-state index in [0.717, 1.165) is 32.0 Å². The average Bonchev–Trinajstić information content (AvgIpc) is 2.52. The van der Waals surface area contributed by atoms with Crippen LogP contribution in [-0.4, -0.2) is 39.5 Å². The van der Waals surface area contributed by atoms with Crippen molar-refractivity contribution in [1.82, 2.24) is 0 Å². The molecule has 0 bridgehead atoms. The second kappa shape index (κ2) is 9.06. The highest BCUT2D eigenvalue weighted by molar-refractivity contribution is 5.28. The van der Waals surface area contributed by atoms with Crippen LogP contribution in [0, 0.1) is 0 Å². The lowest BCUT2D eigenvalue weighted by Gasteiger charge is -2.23. The highest BCUT2D eigenvalue weighted by atomic mass is 16.5. The molecule has 0 radical (unpaired) electrons. The molecule has 0 aromatic heterocycles. The standard InChI is InChI=1S/C18H29NO2/c1-16(2)17-6-8-18(9-7-17)21-13-5-3-4-10-19-11-14-20-15-12-19/h6-9,16H,3-5,10-15H2,1-2H3/p+1. The lowest BCUT2D eigenvalue weighted by molar-refractivity contribution is -0.908. The summed E-state index contributed by atoms with van der Waals surface area (Å²) < 4.78 is 11.2. The van der Waals surface area contributed by atoms with Gasteiger partial charge in [-0.2, -0.15) is 0 Å². The number of hydrogen-bond acceptors (Lipinski definition) is 2. The average molecular weight is 292 g/mol. The molecule has 1 heterocycles. The van der Waals surface area contributed by atoms with Gasteiger partial charge in [0.15, 0.2) is 0 Å². The third-order valence-electron chi connectivity index (χ3n) is 4.19. The van der Waals surface area contributed by atoms with Crippen LogP contribution >= 0.6 is 0 Å². The number of nitrogens with one attached hydrogen (secondary N) is 1. The molecule has 118 valence electrons. The number of benzene rings is 1. The molecule has 0 atom stereocenters. The zero-order valence-corrected chi connectivity index (χ0v) is 13.6. The Balaban J connectivity index is 1.53. The van der Waals surface area contributed by atoms with Gasteiger partial charge in [0.25, 0.3) is 0 Å². The zero-order valence-electron chi connectivity index (χ0n) is 13.6. The fourth-order valence-electron chi connectivity index (χ4n) is 2.70. The van der Waals surface area contributed by atoms with Crippen molar-refractivity contribution in [2.24, 2.45) is 0 Å². The summed E-state index contributed by atoms with van der Waals surface area (Å²) in [5.74, 6) is 1.58. The van der Waals surface area contributed by atoms with Crippen LogP contribution in [0.4, 0.5) is 0 Å². The van der Waals surface area contributed by atoms with E-state index in [1.54, 1.807) is 4.90 Å². The second-order valence-electron chi connectivity index (χ2n) is 6.25. The summed E-state index contributed by atoms with van der Waals surface area (Å²) in [6.45, 7) is 10.8. The van der Waals surface area contributed by atoms with Gasteiger partial charge in [-0.1, -0.05) is 26.0 Å². The summed E-state index contributed by atoms with van der Waals surface area (Å²) in [5, 5.41) is 0. The van der Waals surface area contributed by atoms with Gasteiger partial charge < -0.3 is 14.4 Å². The van der Waals surface area contributed by atoms with Gasteiger partial charge in [0.05, 0.1) is 26.4 Å². The molecule has 0 amide bonds. The van der Waals surface area contributed by atoms with Crippen LogP contribution < -0.4 is 9.64 Å². The molecule has 2 rings (SSSR count). The smallest absolute Gasteiger partial charge is 0.119 e. The number of quaternary nitrogens is 1. The van der Waals surface area contributed by atoms with Crippen molar-refractivity contribution >= 4 is 0 Å². The minimum Gasteiger partial charge on any atom is -0.494 e. The van der Waals surface area contributed by atoms with E-state index < -0.39 is 0 Å². The van der Waals surface area contributed by atoms with Crippen LogP contribution in [0.25, 0.3) is 0 Å². The lowest BCUT2D eigenvalue weighted by Crippen LogP contribution is -3.14. The Morgan fingerprint density at radius 3 is 2.43 bits per heavy atom. The van der Waals surface area contributed by atoms with E-state index in [1.165, 1.54) is 38.0 Å². The summed E-state index contributed by atoms with van der Waals surface area (Å²) in [4.78, 5) is 1.70. The molecule has 3 heteroatoms. The van der Waals surface area contributed by atoms with E-state index in [1.807, 2.05) is 0 Å². The normalized spacial score (nSPS) is 16.3. The van der Waals surface area contributed by atoms with Crippen molar-refractivity contribution in [3.8, 4) is 5.75 Å². The topological polar surface area (TPSA) is 22.9 Å². The summed E-state index contributed by atoms with van der Waals surface area (Å²) >= 11 is 0. The van der Waals surface area contributed by atoms with Gasteiger partial charge in [0.1, 0.15) is 18.8 Å². The number of ether oxygens (including phenoxy) is 2. The van der Waals surface area contributed by atoms with Gasteiger partial charge in [-0.3, -0.25) is 0 Å². The van der Waals surface area contributed by atoms with Gasteiger partial charge in [-0.15, -0.1) is 0 Å².